The molecule has 1 N–H and O–H groups in total. The van der Waals surface area contributed by atoms with Crippen molar-refractivity contribution in [3.8, 4) is 5.75 Å². The Kier molecular flexibility index (Phi) is 6.85. The smallest absolute Gasteiger partial charge is 0.123 e. The SMILES string of the molecule is COc1ccc(CNCCCn2ccnc2)cc1CN1CCOCC1. The van der Waals surface area contributed by atoms with E-state index in [1.165, 1.54) is 11.1 Å². The van der Waals surface area contributed by atoms with E-state index >= 15 is 0 Å². The van der Waals surface area contributed by atoms with Crippen LogP contribution in [0.2, 0.25) is 0 Å². The summed E-state index contributed by atoms with van der Waals surface area (Å²) in [4.78, 5) is 6.48. The second-order valence-corrected chi connectivity index (χ2v) is 6.37. The van der Waals surface area contributed by atoms with Crippen molar-refractivity contribution in [1.82, 2.24) is 19.8 Å². The normalized spacial score (nSPS) is 15.4. The predicted octanol–water partition coefficient (Wildman–Crippen LogP) is 1.90. The summed E-state index contributed by atoms with van der Waals surface area (Å²) in [5.41, 5.74) is 2.55. The van der Waals surface area contributed by atoms with Crippen LogP contribution in [-0.4, -0.2) is 54.4 Å². The van der Waals surface area contributed by atoms with Crippen molar-refractivity contribution >= 4 is 0 Å². The van der Waals surface area contributed by atoms with Crippen LogP contribution in [0.15, 0.2) is 36.9 Å². The average molecular weight is 344 g/mol. The van der Waals surface area contributed by atoms with E-state index in [9.17, 15) is 0 Å². The van der Waals surface area contributed by atoms with Gasteiger partial charge in [0.15, 0.2) is 0 Å². The van der Waals surface area contributed by atoms with Crippen molar-refractivity contribution in [3.63, 3.8) is 0 Å². The van der Waals surface area contributed by atoms with Gasteiger partial charge in [-0.15, -0.1) is 0 Å². The molecular formula is C19H28N4O2. The third-order valence-corrected chi connectivity index (χ3v) is 4.50. The molecule has 0 atom stereocenters. The molecule has 6 heteroatoms. The zero-order valence-electron chi connectivity index (χ0n) is 15.0. The van der Waals surface area contributed by atoms with Gasteiger partial charge in [-0.1, -0.05) is 6.07 Å². The van der Waals surface area contributed by atoms with E-state index in [1.807, 2.05) is 18.7 Å². The third kappa shape index (κ3) is 5.56. The first-order valence-corrected chi connectivity index (χ1v) is 8.97. The molecule has 1 saturated heterocycles. The topological polar surface area (TPSA) is 51.5 Å². The van der Waals surface area contributed by atoms with Crippen LogP contribution in [-0.2, 0) is 24.4 Å². The van der Waals surface area contributed by atoms with E-state index in [2.05, 4.69) is 38.0 Å². The summed E-state index contributed by atoms with van der Waals surface area (Å²) in [5, 5.41) is 3.52. The van der Waals surface area contributed by atoms with Crippen molar-refractivity contribution in [2.24, 2.45) is 0 Å². The minimum absolute atomic E-state index is 0.820. The van der Waals surface area contributed by atoms with Gasteiger partial charge in [-0.25, -0.2) is 4.98 Å². The highest BCUT2D eigenvalue weighted by Gasteiger charge is 2.13. The highest BCUT2D eigenvalue weighted by Crippen LogP contribution is 2.22. The second-order valence-electron chi connectivity index (χ2n) is 6.37. The maximum absolute atomic E-state index is 5.54. The lowest BCUT2D eigenvalue weighted by molar-refractivity contribution is 0.0339. The second kappa shape index (κ2) is 9.56. The number of rotatable bonds is 9. The van der Waals surface area contributed by atoms with Crippen molar-refractivity contribution < 1.29 is 9.47 Å². The lowest BCUT2D eigenvalue weighted by atomic mass is 10.1. The molecule has 0 radical (unpaired) electrons. The van der Waals surface area contributed by atoms with Crippen LogP contribution >= 0.6 is 0 Å². The highest BCUT2D eigenvalue weighted by molar-refractivity contribution is 5.37. The van der Waals surface area contributed by atoms with Gasteiger partial charge in [-0.2, -0.15) is 0 Å². The number of hydrogen-bond acceptors (Lipinski definition) is 5. The number of imidazole rings is 1. The molecule has 0 amide bonds. The van der Waals surface area contributed by atoms with Crippen molar-refractivity contribution in [1.29, 1.82) is 0 Å². The maximum atomic E-state index is 5.54. The monoisotopic (exact) mass is 344 g/mol. The number of nitrogens with one attached hydrogen (secondary N) is 1. The summed E-state index contributed by atoms with van der Waals surface area (Å²) < 4.78 is 13.1. The number of morpholine rings is 1. The number of methoxy groups -OCH3 is 1. The van der Waals surface area contributed by atoms with Crippen LogP contribution in [0.4, 0.5) is 0 Å². The summed E-state index contributed by atoms with van der Waals surface area (Å²) >= 11 is 0. The van der Waals surface area contributed by atoms with E-state index in [-0.39, 0.29) is 0 Å². The van der Waals surface area contributed by atoms with E-state index in [0.29, 0.717) is 0 Å². The molecule has 2 aromatic rings. The molecule has 2 heterocycles. The molecule has 1 aliphatic rings. The standard InChI is InChI=1S/C19H28N4O2/c1-24-19-4-3-17(13-18(19)15-22-9-11-25-12-10-22)14-20-5-2-7-23-8-6-21-16-23/h3-4,6,8,13,16,20H,2,5,7,9-12,14-15H2,1H3. The van der Waals surface area contributed by atoms with Crippen LogP contribution in [0.5, 0.6) is 5.75 Å². The number of aryl methyl sites for hydroxylation is 1. The van der Waals surface area contributed by atoms with Gasteiger partial charge in [-0.3, -0.25) is 4.90 Å². The van der Waals surface area contributed by atoms with Crippen LogP contribution in [0.3, 0.4) is 0 Å². The quantitative estimate of drug-likeness (QED) is 0.704. The average Bonchev–Trinajstić information content (AvgIpc) is 3.16. The largest absolute Gasteiger partial charge is 0.496 e. The first kappa shape index (κ1) is 17.9. The number of hydrogen-bond donors (Lipinski definition) is 1. The lowest BCUT2D eigenvalue weighted by Crippen LogP contribution is -2.35. The summed E-state index contributed by atoms with van der Waals surface area (Å²) in [6.07, 6.45) is 6.77. The van der Waals surface area contributed by atoms with E-state index in [1.54, 1.807) is 7.11 Å². The number of benzene rings is 1. The van der Waals surface area contributed by atoms with Gasteiger partial charge in [-0.05, 0) is 30.7 Å². The minimum Gasteiger partial charge on any atom is -0.496 e. The molecule has 136 valence electrons. The molecule has 0 unspecified atom stereocenters. The van der Waals surface area contributed by atoms with Gasteiger partial charge in [0.1, 0.15) is 5.75 Å². The lowest BCUT2D eigenvalue weighted by Gasteiger charge is -2.27. The Bertz CT molecular complexity index is 624. The Morgan fingerprint density at radius 3 is 2.92 bits per heavy atom. The molecule has 1 aliphatic heterocycles. The van der Waals surface area contributed by atoms with Crippen molar-refractivity contribution in [3.05, 3.63) is 48.0 Å². The molecule has 6 nitrogen and oxygen atoms in total. The van der Waals surface area contributed by atoms with Gasteiger partial charge >= 0.3 is 0 Å². The van der Waals surface area contributed by atoms with Gasteiger partial charge in [0.05, 0.1) is 26.7 Å². The first-order valence-electron chi connectivity index (χ1n) is 8.97. The molecule has 25 heavy (non-hydrogen) atoms. The van der Waals surface area contributed by atoms with E-state index < -0.39 is 0 Å². The molecule has 1 aromatic carbocycles. The Morgan fingerprint density at radius 2 is 2.16 bits per heavy atom. The summed E-state index contributed by atoms with van der Waals surface area (Å²) in [5.74, 6) is 0.968. The van der Waals surface area contributed by atoms with Gasteiger partial charge in [0, 0.05) is 50.7 Å². The molecule has 3 rings (SSSR count). The Labute approximate surface area is 149 Å². The number of ether oxygens (including phenoxy) is 2. The predicted molar refractivity (Wildman–Crippen MR) is 97.6 cm³/mol. The van der Waals surface area contributed by atoms with Gasteiger partial charge < -0.3 is 19.4 Å². The minimum atomic E-state index is 0.820. The van der Waals surface area contributed by atoms with Crippen molar-refractivity contribution in [2.75, 3.05) is 40.0 Å². The zero-order chi connectivity index (χ0) is 17.3. The maximum Gasteiger partial charge on any atom is 0.123 e. The fourth-order valence-corrected chi connectivity index (χ4v) is 3.10. The summed E-state index contributed by atoms with van der Waals surface area (Å²) in [7, 11) is 1.74. The van der Waals surface area contributed by atoms with E-state index in [4.69, 9.17) is 9.47 Å². The number of aromatic nitrogens is 2. The number of nitrogens with zero attached hydrogens (tertiary/aromatic N) is 3. The van der Waals surface area contributed by atoms with Crippen molar-refractivity contribution in [2.45, 2.75) is 26.1 Å². The third-order valence-electron chi connectivity index (χ3n) is 4.50. The zero-order valence-corrected chi connectivity index (χ0v) is 15.0. The molecule has 0 aliphatic carbocycles. The summed E-state index contributed by atoms with van der Waals surface area (Å²) in [6, 6.07) is 6.49. The molecule has 1 aromatic heterocycles. The Morgan fingerprint density at radius 1 is 1.28 bits per heavy atom. The van der Waals surface area contributed by atoms with Crippen LogP contribution in [0.25, 0.3) is 0 Å². The van der Waals surface area contributed by atoms with Crippen LogP contribution in [0.1, 0.15) is 17.5 Å². The molecular weight excluding hydrogens is 316 g/mol. The summed E-state index contributed by atoms with van der Waals surface area (Å²) in [6.45, 7) is 7.40. The molecule has 0 saturated carbocycles. The Hall–Kier alpha value is -1.89. The highest BCUT2D eigenvalue weighted by atomic mass is 16.5. The molecule has 1 fully saturated rings. The first-order chi connectivity index (χ1) is 12.3. The van der Waals surface area contributed by atoms with Crippen LogP contribution in [0, 0.1) is 0 Å². The Balaban J connectivity index is 1.48. The van der Waals surface area contributed by atoms with E-state index in [0.717, 1.165) is 64.7 Å². The van der Waals surface area contributed by atoms with Gasteiger partial charge in [0.25, 0.3) is 0 Å². The fraction of sp³-hybridized carbons (Fsp3) is 0.526. The molecule has 0 spiro atoms. The van der Waals surface area contributed by atoms with Gasteiger partial charge in [0.2, 0.25) is 0 Å². The fourth-order valence-electron chi connectivity index (χ4n) is 3.10. The molecule has 0 bridgehead atoms. The van der Waals surface area contributed by atoms with Crippen LogP contribution < -0.4 is 10.1 Å².